The van der Waals surface area contributed by atoms with E-state index in [9.17, 15) is 19.1 Å². The molecule has 0 bridgehead atoms. The van der Waals surface area contributed by atoms with Gasteiger partial charge in [0.2, 0.25) is 5.91 Å². The lowest BCUT2D eigenvalue weighted by molar-refractivity contribution is -0.142. The third-order valence-corrected chi connectivity index (χ3v) is 3.07. The van der Waals surface area contributed by atoms with E-state index < -0.39 is 17.8 Å². The predicted molar refractivity (Wildman–Crippen MR) is 75.6 cm³/mol. The number of methoxy groups -OCH3 is 1. The molecule has 0 heterocycles. The molecule has 0 saturated carbocycles. The number of hydrogen-bond acceptors (Lipinski definition) is 3. The number of ether oxygens (including phenoxy) is 1. The molecule has 116 valence electrons. The minimum absolute atomic E-state index is 0.0251. The fourth-order valence-electron chi connectivity index (χ4n) is 1.92. The van der Waals surface area contributed by atoms with Gasteiger partial charge in [-0.2, -0.15) is 0 Å². The molecule has 6 heteroatoms. The van der Waals surface area contributed by atoms with E-state index in [0.717, 1.165) is 18.9 Å². The van der Waals surface area contributed by atoms with E-state index in [2.05, 4.69) is 5.32 Å². The predicted octanol–water partition coefficient (Wildman–Crippen LogP) is 2.66. The molecule has 0 saturated heterocycles. The van der Waals surface area contributed by atoms with E-state index >= 15 is 0 Å². The van der Waals surface area contributed by atoms with Gasteiger partial charge >= 0.3 is 5.97 Å². The Hall–Kier alpha value is -2.11. The van der Waals surface area contributed by atoms with E-state index in [4.69, 9.17) is 4.74 Å². The van der Waals surface area contributed by atoms with Gasteiger partial charge < -0.3 is 15.2 Å². The van der Waals surface area contributed by atoms with E-state index in [-0.39, 0.29) is 23.6 Å². The number of carbonyl (C=O) groups excluding carboxylic acids is 1. The van der Waals surface area contributed by atoms with Crippen molar-refractivity contribution in [2.24, 2.45) is 0 Å². The maximum Gasteiger partial charge on any atom is 0.330 e. The van der Waals surface area contributed by atoms with Gasteiger partial charge in [0.25, 0.3) is 0 Å². The summed E-state index contributed by atoms with van der Waals surface area (Å²) in [5, 5.41) is 11.6. The summed E-state index contributed by atoms with van der Waals surface area (Å²) in [7, 11) is 1.32. The molecule has 2 N–H and O–H groups in total. The highest BCUT2D eigenvalue weighted by Gasteiger charge is 2.23. The highest BCUT2D eigenvalue weighted by molar-refractivity contribution is 5.84. The van der Waals surface area contributed by atoms with Crippen LogP contribution in [0.25, 0.3) is 0 Å². The van der Waals surface area contributed by atoms with Crippen molar-refractivity contribution in [1.82, 2.24) is 5.32 Å². The number of halogens is 1. The molecular weight excluding hydrogens is 277 g/mol. The Kier molecular flexibility index (Phi) is 6.65. The third-order valence-electron chi connectivity index (χ3n) is 3.07. The Morgan fingerprint density at radius 2 is 2.10 bits per heavy atom. The molecule has 0 aromatic heterocycles. The zero-order valence-electron chi connectivity index (χ0n) is 12.2. The second kappa shape index (κ2) is 8.24. The summed E-state index contributed by atoms with van der Waals surface area (Å²) in [4.78, 5) is 23.0. The number of carboxylic acids is 1. The summed E-state index contributed by atoms with van der Waals surface area (Å²) in [5.74, 6) is -2.23. The Morgan fingerprint density at radius 1 is 1.38 bits per heavy atom. The van der Waals surface area contributed by atoms with Crippen LogP contribution in [0.5, 0.6) is 5.75 Å². The monoisotopic (exact) mass is 297 g/mol. The maximum absolute atomic E-state index is 13.6. The van der Waals surface area contributed by atoms with Crippen molar-refractivity contribution in [2.45, 2.75) is 38.6 Å². The van der Waals surface area contributed by atoms with Crippen LogP contribution in [0, 0.1) is 5.82 Å². The maximum atomic E-state index is 13.6. The van der Waals surface area contributed by atoms with Crippen LogP contribution in [-0.2, 0) is 9.59 Å². The van der Waals surface area contributed by atoms with Crippen molar-refractivity contribution in [3.05, 3.63) is 29.6 Å². The zero-order valence-corrected chi connectivity index (χ0v) is 12.2. The SMILES string of the molecule is CCCCCC(=O)NC(C(=O)O)c1ccc(OC)c(F)c1. The normalized spacial score (nSPS) is 11.8. The van der Waals surface area contributed by atoms with Gasteiger partial charge in [-0.15, -0.1) is 0 Å². The largest absolute Gasteiger partial charge is 0.494 e. The minimum Gasteiger partial charge on any atom is -0.494 e. The molecule has 1 unspecified atom stereocenters. The van der Waals surface area contributed by atoms with Crippen molar-refractivity contribution in [3.8, 4) is 5.75 Å². The lowest BCUT2D eigenvalue weighted by atomic mass is 10.1. The number of amides is 1. The summed E-state index contributed by atoms with van der Waals surface area (Å²) in [5.41, 5.74) is 0.171. The fourth-order valence-corrected chi connectivity index (χ4v) is 1.92. The van der Waals surface area contributed by atoms with Crippen molar-refractivity contribution >= 4 is 11.9 Å². The van der Waals surface area contributed by atoms with Gasteiger partial charge in [0, 0.05) is 6.42 Å². The molecular formula is C15H20FNO4. The van der Waals surface area contributed by atoms with Gasteiger partial charge in [0.1, 0.15) is 0 Å². The van der Waals surface area contributed by atoms with Crippen molar-refractivity contribution in [2.75, 3.05) is 7.11 Å². The van der Waals surface area contributed by atoms with Crippen LogP contribution in [0.3, 0.4) is 0 Å². The molecule has 1 amide bonds. The highest BCUT2D eigenvalue weighted by atomic mass is 19.1. The molecule has 1 atom stereocenters. The molecule has 1 aromatic rings. The number of hydrogen-bond donors (Lipinski definition) is 2. The van der Waals surface area contributed by atoms with Crippen LogP contribution in [0.1, 0.15) is 44.2 Å². The van der Waals surface area contributed by atoms with Gasteiger partial charge in [-0.25, -0.2) is 9.18 Å². The zero-order chi connectivity index (χ0) is 15.8. The van der Waals surface area contributed by atoms with E-state index in [1.807, 2.05) is 6.92 Å². The highest BCUT2D eigenvalue weighted by Crippen LogP contribution is 2.22. The first-order valence-electron chi connectivity index (χ1n) is 6.85. The number of unbranched alkanes of at least 4 members (excludes halogenated alkanes) is 2. The number of benzene rings is 1. The second-order valence-electron chi connectivity index (χ2n) is 4.69. The van der Waals surface area contributed by atoms with E-state index in [0.29, 0.717) is 6.42 Å². The standard InChI is InChI=1S/C15H20FNO4/c1-3-4-5-6-13(18)17-14(15(19)20)10-7-8-12(21-2)11(16)9-10/h7-9,14H,3-6H2,1-2H3,(H,17,18)(H,19,20). The molecule has 1 rings (SSSR count). The Balaban J connectivity index is 2.80. The molecule has 21 heavy (non-hydrogen) atoms. The van der Waals surface area contributed by atoms with E-state index in [1.54, 1.807) is 0 Å². The van der Waals surface area contributed by atoms with Crippen LogP contribution < -0.4 is 10.1 Å². The van der Waals surface area contributed by atoms with Crippen molar-refractivity contribution in [1.29, 1.82) is 0 Å². The van der Waals surface area contributed by atoms with Crippen LogP contribution in [0.2, 0.25) is 0 Å². The molecule has 0 spiro atoms. The Morgan fingerprint density at radius 3 is 2.62 bits per heavy atom. The van der Waals surface area contributed by atoms with Gasteiger partial charge in [0.15, 0.2) is 17.6 Å². The van der Waals surface area contributed by atoms with Crippen molar-refractivity contribution < 1.29 is 23.8 Å². The molecule has 0 fully saturated rings. The van der Waals surface area contributed by atoms with Crippen molar-refractivity contribution in [3.63, 3.8) is 0 Å². The lowest BCUT2D eigenvalue weighted by Crippen LogP contribution is -2.33. The average Bonchev–Trinajstić information content (AvgIpc) is 2.44. The lowest BCUT2D eigenvalue weighted by Gasteiger charge is -2.15. The smallest absolute Gasteiger partial charge is 0.330 e. The summed E-state index contributed by atoms with van der Waals surface area (Å²) in [6, 6.07) is 2.56. The topological polar surface area (TPSA) is 75.6 Å². The first-order valence-corrected chi connectivity index (χ1v) is 6.85. The molecule has 0 aliphatic rings. The molecule has 5 nitrogen and oxygen atoms in total. The van der Waals surface area contributed by atoms with Gasteiger partial charge in [0.05, 0.1) is 7.11 Å². The number of carboxylic acid groups (broad SMARTS) is 1. The summed E-state index contributed by atoms with van der Waals surface area (Å²) >= 11 is 0. The molecule has 1 aromatic carbocycles. The first kappa shape index (κ1) is 16.9. The fraction of sp³-hybridized carbons (Fsp3) is 0.467. The van der Waals surface area contributed by atoms with Gasteiger partial charge in [-0.1, -0.05) is 25.8 Å². The summed E-state index contributed by atoms with van der Waals surface area (Å²) < 4.78 is 18.4. The van der Waals surface area contributed by atoms with Crippen LogP contribution >= 0.6 is 0 Å². The van der Waals surface area contributed by atoms with Crippen LogP contribution in [-0.4, -0.2) is 24.1 Å². The molecule has 0 aliphatic carbocycles. The van der Waals surface area contributed by atoms with Crippen LogP contribution in [0.15, 0.2) is 18.2 Å². The third kappa shape index (κ3) is 5.06. The average molecular weight is 297 g/mol. The summed E-state index contributed by atoms with van der Waals surface area (Å²) in [6.45, 7) is 2.01. The number of nitrogens with one attached hydrogen (secondary N) is 1. The number of rotatable bonds is 8. The number of carbonyl (C=O) groups is 2. The first-order chi connectivity index (χ1) is 9.99. The van der Waals surface area contributed by atoms with E-state index in [1.165, 1.54) is 19.2 Å². The second-order valence-corrected chi connectivity index (χ2v) is 4.69. The quantitative estimate of drug-likeness (QED) is 0.723. The Bertz CT molecular complexity index is 504. The van der Waals surface area contributed by atoms with Crippen LogP contribution in [0.4, 0.5) is 4.39 Å². The molecule has 0 radical (unpaired) electrons. The van der Waals surface area contributed by atoms with Gasteiger partial charge in [-0.3, -0.25) is 4.79 Å². The molecule has 0 aliphatic heterocycles. The van der Waals surface area contributed by atoms with Gasteiger partial charge in [-0.05, 0) is 24.1 Å². The Labute approximate surface area is 123 Å². The summed E-state index contributed by atoms with van der Waals surface area (Å²) in [6.07, 6.45) is 2.84. The minimum atomic E-state index is -1.26. The number of aliphatic carboxylic acids is 1.